The number of fused-ring (bicyclic) bond motifs is 1. The molecule has 21 heavy (non-hydrogen) atoms. The van der Waals surface area contributed by atoms with E-state index in [9.17, 15) is 9.59 Å². The monoisotopic (exact) mass is 289 g/mol. The lowest BCUT2D eigenvalue weighted by atomic mass is 9.97. The van der Waals surface area contributed by atoms with Crippen LogP contribution >= 0.6 is 0 Å². The molecule has 0 aliphatic carbocycles. The van der Waals surface area contributed by atoms with Gasteiger partial charge in [0, 0.05) is 25.6 Å². The van der Waals surface area contributed by atoms with E-state index in [1.165, 1.54) is 0 Å². The molecule has 8 nitrogen and oxygen atoms in total. The highest BCUT2D eigenvalue weighted by Gasteiger charge is 2.42. The molecular formula is C13H15N5O3. The van der Waals surface area contributed by atoms with E-state index in [0.717, 1.165) is 5.52 Å². The van der Waals surface area contributed by atoms with Crippen LogP contribution in [0.25, 0.3) is 11.0 Å². The Labute approximate surface area is 120 Å². The second-order valence-electron chi connectivity index (χ2n) is 5.12. The average Bonchev–Trinajstić information content (AvgIpc) is 3.07. The van der Waals surface area contributed by atoms with Crippen LogP contribution in [0.1, 0.15) is 16.8 Å². The van der Waals surface area contributed by atoms with Crippen molar-refractivity contribution in [2.75, 3.05) is 13.2 Å². The molecule has 110 valence electrons. The molecule has 1 atom stereocenters. The van der Waals surface area contributed by atoms with Crippen LogP contribution in [0.5, 0.6) is 0 Å². The number of ether oxygens (including phenoxy) is 1. The summed E-state index contributed by atoms with van der Waals surface area (Å²) in [6, 6.07) is 5.04. The van der Waals surface area contributed by atoms with Gasteiger partial charge in [-0.05, 0) is 18.2 Å². The molecule has 2 amide bonds. The summed E-state index contributed by atoms with van der Waals surface area (Å²) in [7, 11) is 1.77. The second kappa shape index (κ2) is 4.81. The second-order valence-corrected chi connectivity index (χ2v) is 5.12. The summed E-state index contributed by atoms with van der Waals surface area (Å²) in [5, 5.41) is 10.5. The first kappa shape index (κ1) is 13.5. The number of rotatable bonds is 3. The summed E-state index contributed by atoms with van der Waals surface area (Å²) in [6.45, 7) is 0.494. The third kappa shape index (κ3) is 2.23. The van der Waals surface area contributed by atoms with Crippen LogP contribution in [0.15, 0.2) is 18.2 Å². The van der Waals surface area contributed by atoms with Gasteiger partial charge in [-0.1, -0.05) is 5.21 Å². The van der Waals surface area contributed by atoms with Gasteiger partial charge in [0.25, 0.3) is 5.91 Å². The van der Waals surface area contributed by atoms with Gasteiger partial charge in [-0.25, -0.2) is 4.68 Å². The van der Waals surface area contributed by atoms with Crippen LogP contribution in [0.4, 0.5) is 0 Å². The maximum absolute atomic E-state index is 12.3. The van der Waals surface area contributed by atoms with Gasteiger partial charge in [0.1, 0.15) is 11.1 Å². The molecule has 8 heteroatoms. The number of nitrogens with two attached hydrogens (primary N) is 1. The van der Waals surface area contributed by atoms with Crippen molar-refractivity contribution in [2.24, 2.45) is 12.8 Å². The zero-order valence-electron chi connectivity index (χ0n) is 11.5. The van der Waals surface area contributed by atoms with E-state index < -0.39 is 11.4 Å². The molecule has 0 radical (unpaired) electrons. The van der Waals surface area contributed by atoms with E-state index >= 15 is 0 Å². The van der Waals surface area contributed by atoms with Crippen LogP contribution in [0, 0.1) is 0 Å². The minimum Gasteiger partial charge on any atom is -0.378 e. The van der Waals surface area contributed by atoms with E-state index in [-0.39, 0.29) is 12.5 Å². The molecule has 1 unspecified atom stereocenters. The Morgan fingerprint density at radius 3 is 2.95 bits per heavy atom. The maximum Gasteiger partial charge on any atom is 0.252 e. The van der Waals surface area contributed by atoms with Gasteiger partial charge in [-0.15, -0.1) is 5.10 Å². The van der Waals surface area contributed by atoms with Crippen molar-refractivity contribution in [3.05, 3.63) is 23.8 Å². The lowest BCUT2D eigenvalue weighted by Gasteiger charge is -2.24. The molecule has 0 bridgehead atoms. The number of nitrogens with one attached hydrogen (secondary N) is 1. The summed E-state index contributed by atoms with van der Waals surface area (Å²) in [5.74, 6) is -0.971. The van der Waals surface area contributed by atoms with Gasteiger partial charge in [0.2, 0.25) is 5.91 Å². The van der Waals surface area contributed by atoms with E-state index in [1.807, 2.05) is 0 Å². The number of carbonyl (C=O) groups excluding carboxylic acids is 2. The number of nitrogens with zero attached hydrogens (tertiary/aromatic N) is 3. The van der Waals surface area contributed by atoms with Gasteiger partial charge in [-0.2, -0.15) is 0 Å². The normalized spacial score (nSPS) is 21.6. The van der Waals surface area contributed by atoms with E-state index in [0.29, 0.717) is 24.1 Å². The lowest BCUT2D eigenvalue weighted by molar-refractivity contribution is -0.124. The first-order valence-corrected chi connectivity index (χ1v) is 6.51. The number of amides is 2. The standard InChI is InChI=1S/C13H15N5O3/c1-18-10-3-2-8(6-9(10)16-17-18)11(19)15-13(12(14)20)4-5-21-7-13/h2-3,6H,4-5,7H2,1H3,(H2,14,20)(H,15,19). The molecule has 0 saturated carbocycles. The fraction of sp³-hybridized carbons (Fsp3) is 0.385. The van der Waals surface area contributed by atoms with E-state index in [2.05, 4.69) is 15.6 Å². The number of carbonyl (C=O) groups is 2. The average molecular weight is 289 g/mol. The molecular weight excluding hydrogens is 274 g/mol. The fourth-order valence-corrected chi connectivity index (χ4v) is 2.39. The fourth-order valence-electron chi connectivity index (χ4n) is 2.39. The Kier molecular flexibility index (Phi) is 3.09. The Hall–Kier alpha value is -2.48. The third-order valence-electron chi connectivity index (χ3n) is 3.72. The Morgan fingerprint density at radius 2 is 2.29 bits per heavy atom. The van der Waals surface area contributed by atoms with Gasteiger partial charge >= 0.3 is 0 Å². The van der Waals surface area contributed by atoms with Crippen molar-refractivity contribution in [2.45, 2.75) is 12.0 Å². The van der Waals surface area contributed by atoms with Crippen molar-refractivity contribution >= 4 is 22.8 Å². The first-order valence-electron chi connectivity index (χ1n) is 6.51. The van der Waals surface area contributed by atoms with Crippen LogP contribution in [-0.4, -0.2) is 45.6 Å². The molecule has 2 aromatic rings. The minimum absolute atomic E-state index is 0.0987. The van der Waals surface area contributed by atoms with Crippen molar-refractivity contribution in [1.82, 2.24) is 20.3 Å². The molecule has 0 spiro atoms. The summed E-state index contributed by atoms with van der Waals surface area (Å²) in [4.78, 5) is 23.9. The summed E-state index contributed by atoms with van der Waals surface area (Å²) >= 11 is 0. The minimum atomic E-state index is -1.13. The van der Waals surface area contributed by atoms with Crippen LogP contribution in [0.3, 0.4) is 0 Å². The third-order valence-corrected chi connectivity index (χ3v) is 3.72. The van der Waals surface area contributed by atoms with Crippen molar-refractivity contribution < 1.29 is 14.3 Å². The molecule has 1 saturated heterocycles. The first-order chi connectivity index (χ1) is 10.0. The molecule has 3 rings (SSSR count). The molecule has 2 heterocycles. The predicted octanol–water partition coefficient (Wildman–Crippen LogP) is -0.657. The van der Waals surface area contributed by atoms with E-state index in [1.54, 1.807) is 29.9 Å². The van der Waals surface area contributed by atoms with Gasteiger partial charge in [-0.3, -0.25) is 9.59 Å². The van der Waals surface area contributed by atoms with Gasteiger partial charge in [0.15, 0.2) is 0 Å². The maximum atomic E-state index is 12.3. The molecule has 1 aliphatic heterocycles. The Morgan fingerprint density at radius 1 is 1.48 bits per heavy atom. The highest BCUT2D eigenvalue weighted by molar-refractivity contribution is 6.01. The smallest absolute Gasteiger partial charge is 0.252 e. The van der Waals surface area contributed by atoms with E-state index in [4.69, 9.17) is 10.5 Å². The largest absolute Gasteiger partial charge is 0.378 e. The van der Waals surface area contributed by atoms with Crippen LogP contribution in [0.2, 0.25) is 0 Å². The van der Waals surface area contributed by atoms with Crippen molar-refractivity contribution in [3.8, 4) is 0 Å². The molecule has 1 fully saturated rings. The topological polar surface area (TPSA) is 112 Å². The molecule has 1 aromatic heterocycles. The summed E-state index contributed by atoms with van der Waals surface area (Å²) in [5.41, 5.74) is 6.09. The lowest BCUT2D eigenvalue weighted by Crippen LogP contribution is -2.58. The Balaban J connectivity index is 1.88. The number of benzene rings is 1. The number of primary amides is 1. The number of hydrogen-bond donors (Lipinski definition) is 2. The molecule has 3 N–H and O–H groups in total. The quantitative estimate of drug-likeness (QED) is 0.779. The highest BCUT2D eigenvalue weighted by atomic mass is 16.5. The zero-order valence-corrected chi connectivity index (χ0v) is 11.5. The Bertz CT molecular complexity index is 718. The van der Waals surface area contributed by atoms with Crippen molar-refractivity contribution in [1.29, 1.82) is 0 Å². The van der Waals surface area contributed by atoms with Crippen LogP contribution < -0.4 is 11.1 Å². The molecule has 1 aliphatic rings. The van der Waals surface area contributed by atoms with Crippen LogP contribution in [-0.2, 0) is 16.6 Å². The summed E-state index contributed by atoms with van der Waals surface area (Å²) < 4.78 is 6.81. The van der Waals surface area contributed by atoms with Gasteiger partial charge < -0.3 is 15.8 Å². The number of aryl methyl sites for hydroxylation is 1. The zero-order chi connectivity index (χ0) is 15.0. The van der Waals surface area contributed by atoms with Gasteiger partial charge in [0.05, 0.1) is 12.1 Å². The summed E-state index contributed by atoms with van der Waals surface area (Å²) in [6.07, 6.45) is 0.376. The number of hydrogen-bond acceptors (Lipinski definition) is 5. The molecule has 1 aromatic carbocycles. The number of aromatic nitrogens is 3. The highest BCUT2D eigenvalue weighted by Crippen LogP contribution is 2.20. The SMILES string of the molecule is Cn1nnc2cc(C(=O)NC3(C(N)=O)CCOC3)ccc21. The predicted molar refractivity (Wildman–Crippen MR) is 73.3 cm³/mol. The van der Waals surface area contributed by atoms with Crippen molar-refractivity contribution in [3.63, 3.8) is 0 Å².